The zero-order valence-electron chi connectivity index (χ0n) is 13.9. The molecule has 0 atom stereocenters. The summed E-state index contributed by atoms with van der Waals surface area (Å²) in [7, 11) is -4.37. The van der Waals surface area contributed by atoms with Crippen LogP contribution in [-0.4, -0.2) is 31.1 Å². The molecular weight excluding hydrogens is 383 g/mol. The molecule has 3 aromatic rings. The molecule has 25 heavy (non-hydrogen) atoms. The summed E-state index contributed by atoms with van der Waals surface area (Å²) in [6, 6.07) is 3.57. The average molecular weight is 395 g/mol. The third-order valence-electron chi connectivity index (χ3n) is 2.95. The molecule has 8 nitrogen and oxygen atoms in total. The van der Waals surface area contributed by atoms with Gasteiger partial charge in [0, 0.05) is 6.20 Å². The fourth-order valence-corrected chi connectivity index (χ4v) is 3.27. The molecule has 4 N–H and O–H groups in total. The van der Waals surface area contributed by atoms with Crippen LogP contribution < -0.4 is 39.9 Å². The summed E-state index contributed by atoms with van der Waals surface area (Å²) >= 11 is 1.06. The van der Waals surface area contributed by atoms with Gasteiger partial charge in [0.25, 0.3) is 5.56 Å². The molecule has 128 valence electrons. The van der Waals surface area contributed by atoms with Crippen LogP contribution >= 0.6 is 19.4 Å². The van der Waals surface area contributed by atoms with Crippen LogP contribution in [0.4, 0.5) is 4.39 Å². The zero-order valence-corrected chi connectivity index (χ0v) is 16.6. The predicted molar refractivity (Wildman–Crippen MR) is 85.9 cm³/mol. The van der Waals surface area contributed by atoms with Crippen molar-refractivity contribution in [3.05, 3.63) is 46.9 Å². The van der Waals surface area contributed by atoms with E-state index < -0.39 is 19.8 Å². The van der Waals surface area contributed by atoms with Gasteiger partial charge in [0.2, 0.25) is 0 Å². The first kappa shape index (κ1) is 20.2. The van der Waals surface area contributed by atoms with Crippen molar-refractivity contribution in [3.8, 4) is 5.75 Å². The van der Waals surface area contributed by atoms with Crippen molar-refractivity contribution in [2.75, 3.05) is 6.35 Å². The quantitative estimate of drug-likeness (QED) is 0.328. The maximum atomic E-state index is 13.5. The minimum absolute atomic E-state index is 0. The van der Waals surface area contributed by atoms with E-state index in [1.165, 1.54) is 24.7 Å². The molecule has 0 unspecified atom stereocenters. The Hall–Kier alpha value is -1.13. The number of benzene rings is 1. The van der Waals surface area contributed by atoms with Crippen LogP contribution in [0.5, 0.6) is 5.75 Å². The first-order chi connectivity index (χ1) is 11.3. The molecule has 0 spiro atoms. The van der Waals surface area contributed by atoms with E-state index in [4.69, 9.17) is 14.5 Å². The summed E-state index contributed by atoms with van der Waals surface area (Å²) in [5.74, 6) is -0.421. The number of aromatic nitrogens is 3. The van der Waals surface area contributed by atoms with Crippen LogP contribution in [0.2, 0.25) is 0 Å². The van der Waals surface area contributed by atoms with E-state index in [-0.39, 0.29) is 47.8 Å². The molecule has 12 heteroatoms. The standard InChI is InChI=1S/C13H11FN3O5PS.Na.H/c14-7-1-2-8(22-6-23(19,20)21)9(3-7)24-10-4-15-12-11(10)16-5-17-13(12)18;;/h1-5,15H,6H2,(H,16,17,18)(H2,19,20,21);;/q;+1;-1. The van der Waals surface area contributed by atoms with Crippen molar-refractivity contribution in [2.24, 2.45) is 0 Å². The van der Waals surface area contributed by atoms with Gasteiger partial charge in [-0.15, -0.1) is 0 Å². The van der Waals surface area contributed by atoms with Gasteiger partial charge < -0.3 is 25.9 Å². The second-order valence-electron chi connectivity index (χ2n) is 4.74. The van der Waals surface area contributed by atoms with Gasteiger partial charge in [-0.3, -0.25) is 9.36 Å². The number of nitrogens with zero attached hydrogens (tertiary/aromatic N) is 1. The van der Waals surface area contributed by atoms with Gasteiger partial charge >= 0.3 is 37.2 Å². The summed E-state index contributed by atoms with van der Waals surface area (Å²) < 4.78 is 29.6. The van der Waals surface area contributed by atoms with Crippen molar-refractivity contribution < 1.29 is 54.5 Å². The first-order valence-corrected chi connectivity index (χ1v) is 9.14. The minimum Gasteiger partial charge on any atom is -1.00 e. The van der Waals surface area contributed by atoms with Crippen LogP contribution in [-0.2, 0) is 4.57 Å². The Morgan fingerprint density at radius 2 is 2.08 bits per heavy atom. The van der Waals surface area contributed by atoms with E-state index in [0.717, 1.165) is 17.8 Å². The fraction of sp³-hybridized carbons (Fsp3) is 0.0769. The fourth-order valence-electron chi connectivity index (χ4n) is 1.96. The monoisotopic (exact) mass is 395 g/mol. The SMILES string of the molecule is O=c1[nH]cnc2c(Sc3cc(F)ccc3OCP(=O)(O)O)c[nH]c12.[H-].[Na+]. The Labute approximate surface area is 168 Å². The summed E-state index contributed by atoms with van der Waals surface area (Å²) in [5, 5.41) is 0. The zero-order chi connectivity index (χ0) is 17.3. The largest absolute Gasteiger partial charge is 1.00 e. The molecule has 0 aliphatic carbocycles. The summed E-state index contributed by atoms with van der Waals surface area (Å²) in [4.78, 5) is 39.6. The topological polar surface area (TPSA) is 128 Å². The van der Waals surface area contributed by atoms with E-state index >= 15 is 0 Å². The predicted octanol–water partition coefficient (Wildman–Crippen LogP) is -0.828. The molecule has 0 saturated carbocycles. The van der Waals surface area contributed by atoms with Gasteiger partial charge in [-0.1, -0.05) is 11.8 Å². The molecule has 0 aliphatic rings. The second kappa shape index (κ2) is 8.05. The number of halogens is 1. The van der Waals surface area contributed by atoms with E-state index in [1.54, 1.807) is 0 Å². The first-order valence-electron chi connectivity index (χ1n) is 6.53. The molecule has 1 aromatic carbocycles. The van der Waals surface area contributed by atoms with Crippen LogP contribution in [0.25, 0.3) is 11.0 Å². The van der Waals surface area contributed by atoms with Crippen molar-refractivity contribution in [1.29, 1.82) is 0 Å². The number of rotatable bonds is 5. The van der Waals surface area contributed by atoms with Crippen molar-refractivity contribution in [1.82, 2.24) is 15.0 Å². The van der Waals surface area contributed by atoms with Crippen LogP contribution in [0.1, 0.15) is 1.43 Å². The number of ether oxygens (including phenoxy) is 1. The normalized spacial score (nSPS) is 11.3. The number of hydrogen-bond acceptors (Lipinski definition) is 5. The van der Waals surface area contributed by atoms with Crippen LogP contribution in [0.15, 0.2) is 45.3 Å². The number of fused-ring (bicyclic) bond motifs is 1. The number of nitrogens with one attached hydrogen (secondary N) is 2. The molecule has 0 saturated heterocycles. The summed E-state index contributed by atoms with van der Waals surface area (Å²) in [6.07, 6.45) is 1.96. The average Bonchev–Trinajstić information content (AvgIpc) is 2.90. The third-order valence-corrected chi connectivity index (χ3v) is 4.48. The molecule has 2 aromatic heterocycles. The van der Waals surface area contributed by atoms with E-state index in [2.05, 4.69) is 15.0 Å². The molecule has 0 bridgehead atoms. The Morgan fingerprint density at radius 1 is 1.32 bits per heavy atom. The maximum Gasteiger partial charge on any atom is 1.00 e. The molecule has 0 amide bonds. The van der Waals surface area contributed by atoms with Crippen LogP contribution in [0.3, 0.4) is 0 Å². The molecule has 0 radical (unpaired) electrons. The Bertz CT molecular complexity index is 1010. The van der Waals surface area contributed by atoms with Gasteiger partial charge in [-0.05, 0) is 18.2 Å². The van der Waals surface area contributed by atoms with E-state index in [9.17, 15) is 13.8 Å². The Kier molecular flexibility index (Phi) is 6.50. The number of H-pyrrole nitrogens is 2. The Morgan fingerprint density at radius 3 is 2.80 bits per heavy atom. The molecule has 0 fully saturated rings. The van der Waals surface area contributed by atoms with E-state index in [0.29, 0.717) is 15.3 Å². The van der Waals surface area contributed by atoms with Gasteiger partial charge in [0.15, 0.2) is 6.35 Å². The molecule has 2 heterocycles. The van der Waals surface area contributed by atoms with E-state index in [1.807, 2.05) is 0 Å². The van der Waals surface area contributed by atoms with Gasteiger partial charge in [0.05, 0.1) is 16.1 Å². The van der Waals surface area contributed by atoms with Gasteiger partial charge in [-0.25, -0.2) is 9.37 Å². The Balaban J connectivity index is 0.00000169. The maximum absolute atomic E-state index is 13.5. The number of aromatic amines is 2. The number of hydrogen-bond donors (Lipinski definition) is 4. The van der Waals surface area contributed by atoms with Crippen molar-refractivity contribution >= 4 is 30.4 Å². The summed E-state index contributed by atoms with van der Waals surface area (Å²) in [5.41, 5.74) is 0.326. The third kappa shape index (κ3) is 4.95. The van der Waals surface area contributed by atoms with Gasteiger partial charge in [-0.2, -0.15) is 0 Å². The molecule has 3 rings (SSSR count). The summed E-state index contributed by atoms with van der Waals surface area (Å²) in [6.45, 7) is 0. The van der Waals surface area contributed by atoms with Crippen LogP contribution in [0, 0.1) is 5.82 Å². The van der Waals surface area contributed by atoms with Gasteiger partial charge in [0.1, 0.15) is 22.6 Å². The molecule has 0 aliphatic heterocycles. The van der Waals surface area contributed by atoms with Crippen molar-refractivity contribution in [3.63, 3.8) is 0 Å². The molecular formula is C13H12FN3NaO5PS. The second-order valence-corrected chi connectivity index (χ2v) is 7.41. The smallest absolute Gasteiger partial charge is 1.00 e. The van der Waals surface area contributed by atoms with Crippen molar-refractivity contribution in [2.45, 2.75) is 9.79 Å². The minimum atomic E-state index is -4.37.